The summed E-state index contributed by atoms with van der Waals surface area (Å²) in [5.41, 5.74) is 5.98. The smallest absolute Gasteiger partial charge is 0.341 e. The van der Waals surface area contributed by atoms with E-state index in [1.807, 2.05) is 73.8 Å². The summed E-state index contributed by atoms with van der Waals surface area (Å²) < 4.78 is 15.2. The molecule has 214 valence electrons. The van der Waals surface area contributed by atoms with Crippen molar-refractivity contribution in [3.8, 4) is 16.9 Å². The fraction of sp³-hybridized carbons (Fsp3) is 0.189. The number of para-hydroxylation sites is 1. The first kappa shape index (κ1) is 26.8. The fourth-order valence-corrected chi connectivity index (χ4v) is 6.44. The second-order valence-corrected chi connectivity index (χ2v) is 10.7. The molecule has 0 aliphatic carbocycles. The zero-order valence-corrected chi connectivity index (χ0v) is 24.6. The van der Waals surface area contributed by atoms with Crippen molar-refractivity contribution in [3.63, 3.8) is 0 Å². The summed E-state index contributed by atoms with van der Waals surface area (Å²) in [5.74, 6) is 0.251. The molecule has 0 N–H and O–H groups in total. The highest BCUT2D eigenvalue weighted by molar-refractivity contribution is 6.00. The predicted molar refractivity (Wildman–Crippen MR) is 171 cm³/mol. The van der Waals surface area contributed by atoms with Crippen LogP contribution in [0.3, 0.4) is 0 Å². The summed E-state index contributed by atoms with van der Waals surface area (Å²) in [5, 5.41) is 0.888. The Kier molecular flexibility index (Phi) is 6.62. The van der Waals surface area contributed by atoms with E-state index < -0.39 is 11.6 Å². The number of carbonyl (C=O) groups excluding carboxylic acids is 1. The molecule has 1 atom stereocenters. The lowest BCUT2D eigenvalue weighted by Crippen LogP contribution is -2.33. The molecule has 43 heavy (non-hydrogen) atoms. The molecule has 0 bridgehead atoms. The highest BCUT2D eigenvalue weighted by atomic mass is 16.6. The number of esters is 1. The quantitative estimate of drug-likeness (QED) is 0.175. The molecule has 6 aromatic rings. The van der Waals surface area contributed by atoms with Gasteiger partial charge in [-0.05, 0) is 68.8 Å². The third kappa shape index (κ3) is 4.16. The summed E-state index contributed by atoms with van der Waals surface area (Å²) in [6, 6.07) is 34.5. The number of hydrogen-bond acceptors (Lipinski definition) is 5. The van der Waals surface area contributed by atoms with E-state index in [1.165, 1.54) is 0 Å². The zero-order valence-electron chi connectivity index (χ0n) is 24.6. The van der Waals surface area contributed by atoms with Gasteiger partial charge in [0.05, 0.1) is 28.9 Å². The minimum Gasteiger partial charge on any atom is -0.493 e. The molecule has 0 spiro atoms. The van der Waals surface area contributed by atoms with Crippen molar-refractivity contribution in [2.75, 3.05) is 24.6 Å². The third-order valence-corrected chi connectivity index (χ3v) is 8.39. The summed E-state index contributed by atoms with van der Waals surface area (Å²) >= 11 is 0. The Morgan fingerprint density at radius 2 is 1.60 bits per heavy atom. The molecule has 1 aliphatic rings. The molecule has 1 aliphatic heterocycles. The van der Waals surface area contributed by atoms with Gasteiger partial charge in [0.2, 0.25) is 5.60 Å². The van der Waals surface area contributed by atoms with Gasteiger partial charge in [0, 0.05) is 47.5 Å². The van der Waals surface area contributed by atoms with Crippen LogP contribution in [0.4, 0.5) is 5.69 Å². The number of rotatable bonds is 8. The Morgan fingerprint density at radius 1 is 0.837 bits per heavy atom. The van der Waals surface area contributed by atoms with Gasteiger partial charge in [-0.2, -0.15) is 0 Å². The monoisotopic (exact) mass is 567 g/mol. The van der Waals surface area contributed by atoms with E-state index in [4.69, 9.17) is 14.5 Å². The van der Waals surface area contributed by atoms with E-state index in [0.29, 0.717) is 23.6 Å². The normalized spacial score (nSPS) is 15.9. The first-order valence-corrected chi connectivity index (χ1v) is 14.9. The molecule has 6 nitrogen and oxygen atoms in total. The van der Waals surface area contributed by atoms with Crippen molar-refractivity contribution in [3.05, 3.63) is 132 Å². The lowest BCUT2D eigenvalue weighted by Gasteiger charge is -2.32. The van der Waals surface area contributed by atoms with Gasteiger partial charge in [0.1, 0.15) is 11.4 Å². The number of hydrogen-bond donors (Lipinski definition) is 0. The van der Waals surface area contributed by atoms with Crippen LogP contribution in [0, 0.1) is 0 Å². The molecule has 6 heteroatoms. The molecule has 7 rings (SSSR count). The number of pyridine rings is 2. The number of aromatic nitrogens is 2. The SMILES string of the molecule is CCOc1cc(N(CC)CC)ccc1C1(c2c(-c3ccccc3)cc3ccccn23)OC(=O)c2cc3ccccc3nc21. The second kappa shape index (κ2) is 10.6. The maximum Gasteiger partial charge on any atom is 0.341 e. The van der Waals surface area contributed by atoms with Crippen LogP contribution in [0.1, 0.15) is 48.1 Å². The predicted octanol–water partition coefficient (Wildman–Crippen LogP) is 7.86. The van der Waals surface area contributed by atoms with Crippen molar-refractivity contribution in [2.24, 2.45) is 0 Å². The molecule has 0 amide bonds. The molecule has 4 heterocycles. The van der Waals surface area contributed by atoms with Crippen molar-refractivity contribution >= 4 is 28.1 Å². The lowest BCUT2D eigenvalue weighted by molar-refractivity contribution is 0.0222. The molecular formula is C37H33N3O3. The summed E-state index contributed by atoms with van der Waals surface area (Å²) in [6.07, 6.45) is 2.02. The number of ether oxygens (including phenoxy) is 2. The van der Waals surface area contributed by atoms with Crippen LogP contribution < -0.4 is 9.64 Å². The van der Waals surface area contributed by atoms with Gasteiger partial charge >= 0.3 is 5.97 Å². The van der Waals surface area contributed by atoms with E-state index in [9.17, 15) is 4.79 Å². The molecule has 3 aromatic heterocycles. The Morgan fingerprint density at radius 3 is 2.40 bits per heavy atom. The second-order valence-electron chi connectivity index (χ2n) is 10.7. The fourth-order valence-electron chi connectivity index (χ4n) is 6.44. The average molecular weight is 568 g/mol. The van der Waals surface area contributed by atoms with Crippen molar-refractivity contribution in [2.45, 2.75) is 26.4 Å². The molecule has 0 saturated carbocycles. The molecule has 0 saturated heterocycles. The van der Waals surface area contributed by atoms with Crippen molar-refractivity contribution < 1.29 is 14.3 Å². The molecular weight excluding hydrogens is 534 g/mol. The van der Waals surface area contributed by atoms with Gasteiger partial charge in [-0.15, -0.1) is 0 Å². The lowest BCUT2D eigenvalue weighted by atomic mass is 9.82. The molecule has 0 fully saturated rings. The number of fused-ring (bicyclic) bond motifs is 3. The number of cyclic esters (lactones) is 1. The van der Waals surface area contributed by atoms with Gasteiger partial charge in [-0.3, -0.25) is 0 Å². The summed E-state index contributed by atoms with van der Waals surface area (Å²) in [7, 11) is 0. The maximum absolute atomic E-state index is 14.0. The van der Waals surface area contributed by atoms with Gasteiger partial charge < -0.3 is 18.8 Å². The van der Waals surface area contributed by atoms with Crippen molar-refractivity contribution in [1.29, 1.82) is 0 Å². The number of anilines is 1. The van der Waals surface area contributed by atoms with E-state index in [1.54, 1.807) is 0 Å². The van der Waals surface area contributed by atoms with Gasteiger partial charge in [-0.1, -0.05) is 54.6 Å². The summed E-state index contributed by atoms with van der Waals surface area (Å²) in [6.45, 7) is 8.43. The van der Waals surface area contributed by atoms with Gasteiger partial charge in [-0.25, -0.2) is 9.78 Å². The minimum atomic E-state index is -1.39. The van der Waals surface area contributed by atoms with Crippen LogP contribution in [0.15, 0.2) is 109 Å². The first-order chi connectivity index (χ1) is 21.1. The summed E-state index contributed by atoms with van der Waals surface area (Å²) in [4.78, 5) is 21.5. The van der Waals surface area contributed by atoms with Crippen LogP contribution in [0.25, 0.3) is 27.5 Å². The maximum atomic E-state index is 14.0. The Bertz CT molecular complexity index is 1980. The highest BCUT2D eigenvalue weighted by Crippen LogP contribution is 2.53. The van der Waals surface area contributed by atoms with Gasteiger partial charge in [0.15, 0.2) is 0 Å². The van der Waals surface area contributed by atoms with E-state index in [0.717, 1.165) is 57.6 Å². The molecule has 3 aromatic carbocycles. The topological polar surface area (TPSA) is 56.1 Å². The van der Waals surface area contributed by atoms with Crippen LogP contribution in [0.5, 0.6) is 5.75 Å². The number of carbonyl (C=O) groups is 1. The largest absolute Gasteiger partial charge is 0.493 e. The Hall–Kier alpha value is -5.10. The van der Waals surface area contributed by atoms with Gasteiger partial charge in [0.25, 0.3) is 0 Å². The Balaban J connectivity index is 1.64. The third-order valence-electron chi connectivity index (χ3n) is 8.39. The standard InChI is InChI=1S/C37H33N3O3/c1-4-39(5-2)27-19-20-31(33(24-27)42-6-3)37(34-30(36(41)43-37)22-26-16-10-11-18-32(26)38-34)35-29(25-14-8-7-9-15-25)23-28-17-12-13-21-40(28)35/h7-24H,4-6H2,1-3H3. The van der Waals surface area contributed by atoms with E-state index in [2.05, 4.69) is 65.6 Å². The zero-order chi connectivity index (χ0) is 29.6. The Labute approximate surface area is 251 Å². The van der Waals surface area contributed by atoms with Crippen molar-refractivity contribution in [1.82, 2.24) is 9.38 Å². The molecule has 0 radical (unpaired) electrons. The first-order valence-electron chi connectivity index (χ1n) is 14.9. The van der Waals surface area contributed by atoms with Crippen LogP contribution in [-0.4, -0.2) is 35.1 Å². The average Bonchev–Trinajstić information content (AvgIpc) is 3.57. The van der Waals surface area contributed by atoms with Crippen LogP contribution in [0.2, 0.25) is 0 Å². The van der Waals surface area contributed by atoms with E-state index >= 15 is 0 Å². The van der Waals surface area contributed by atoms with E-state index in [-0.39, 0.29) is 0 Å². The van der Waals surface area contributed by atoms with Crippen LogP contribution in [-0.2, 0) is 10.3 Å². The van der Waals surface area contributed by atoms with Crippen LogP contribution >= 0.6 is 0 Å². The number of benzene rings is 3. The molecule has 1 unspecified atom stereocenters. The number of nitrogens with zero attached hydrogens (tertiary/aromatic N) is 3. The highest BCUT2D eigenvalue weighted by Gasteiger charge is 2.54. The minimum absolute atomic E-state index is 0.409.